The van der Waals surface area contributed by atoms with Crippen LogP contribution in [-0.2, 0) is 0 Å². The predicted octanol–water partition coefficient (Wildman–Crippen LogP) is 3.69. The topological polar surface area (TPSA) is 49.3 Å². The van der Waals surface area contributed by atoms with Gasteiger partial charge in [0.1, 0.15) is 23.1 Å². The minimum atomic E-state index is -0.866. The number of halogens is 3. The van der Waals surface area contributed by atoms with Crippen molar-refractivity contribution in [2.75, 3.05) is 5.32 Å². The number of phenols is 1. The third-order valence-corrected chi connectivity index (χ3v) is 3.08. The average molecular weight is 328 g/mol. The number of anilines is 1. The molecule has 0 spiro atoms. The van der Waals surface area contributed by atoms with Crippen molar-refractivity contribution in [3.63, 3.8) is 0 Å². The van der Waals surface area contributed by atoms with Crippen LogP contribution in [0.4, 0.5) is 14.5 Å². The van der Waals surface area contributed by atoms with Gasteiger partial charge in [-0.25, -0.2) is 8.78 Å². The van der Waals surface area contributed by atoms with Gasteiger partial charge in [0.15, 0.2) is 0 Å². The predicted molar refractivity (Wildman–Crippen MR) is 70.1 cm³/mol. The number of carbonyl (C=O) groups is 1. The molecule has 0 aliphatic heterocycles. The standard InChI is InChI=1S/C13H8BrF2NO2/c14-8-5-4-7(6-11(8)18)13(19)17-12-9(15)2-1-3-10(12)16/h1-6,18H,(H,17,19). The summed E-state index contributed by atoms with van der Waals surface area (Å²) >= 11 is 3.07. The van der Waals surface area contributed by atoms with Gasteiger partial charge in [0.05, 0.1) is 4.47 Å². The van der Waals surface area contributed by atoms with E-state index in [1.165, 1.54) is 24.3 Å². The minimum absolute atomic E-state index is 0.0864. The number of carbonyl (C=O) groups excluding carboxylic acids is 1. The van der Waals surface area contributed by atoms with E-state index < -0.39 is 23.2 Å². The molecule has 1 amide bonds. The van der Waals surface area contributed by atoms with Crippen molar-refractivity contribution in [3.05, 3.63) is 58.1 Å². The lowest BCUT2D eigenvalue weighted by Gasteiger charge is -2.08. The molecular weight excluding hydrogens is 320 g/mol. The molecule has 98 valence electrons. The number of hydrogen-bond donors (Lipinski definition) is 2. The van der Waals surface area contributed by atoms with Crippen LogP contribution in [0.15, 0.2) is 40.9 Å². The van der Waals surface area contributed by atoms with Crippen LogP contribution >= 0.6 is 15.9 Å². The van der Waals surface area contributed by atoms with Crippen molar-refractivity contribution >= 4 is 27.5 Å². The van der Waals surface area contributed by atoms with E-state index in [1.54, 1.807) is 0 Å². The number of nitrogens with one attached hydrogen (secondary N) is 1. The average Bonchev–Trinajstić information content (AvgIpc) is 2.37. The molecule has 3 nitrogen and oxygen atoms in total. The molecule has 0 heterocycles. The highest BCUT2D eigenvalue weighted by Crippen LogP contribution is 2.25. The van der Waals surface area contributed by atoms with Crippen molar-refractivity contribution in [1.29, 1.82) is 0 Å². The minimum Gasteiger partial charge on any atom is -0.507 e. The van der Waals surface area contributed by atoms with Crippen LogP contribution in [-0.4, -0.2) is 11.0 Å². The maximum absolute atomic E-state index is 13.4. The van der Waals surface area contributed by atoms with Crippen LogP contribution in [0, 0.1) is 11.6 Å². The Hall–Kier alpha value is -1.95. The Kier molecular flexibility index (Phi) is 3.80. The van der Waals surface area contributed by atoms with Gasteiger partial charge in [-0.2, -0.15) is 0 Å². The SMILES string of the molecule is O=C(Nc1c(F)cccc1F)c1ccc(Br)c(O)c1. The molecule has 0 unspecified atom stereocenters. The van der Waals surface area contributed by atoms with Crippen molar-refractivity contribution in [3.8, 4) is 5.75 Å². The summed E-state index contributed by atoms with van der Waals surface area (Å²) in [5.74, 6) is -2.59. The molecule has 6 heteroatoms. The molecule has 0 saturated carbocycles. The summed E-state index contributed by atoms with van der Waals surface area (Å²) in [4.78, 5) is 11.8. The van der Waals surface area contributed by atoms with Crippen molar-refractivity contribution in [2.45, 2.75) is 0 Å². The summed E-state index contributed by atoms with van der Waals surface area (Å²) in [6, 6.07) is 7.35. The Morgan fingerprint density at radius 1 is 1.16 bits per heavy atom. The van der Waals surface area contributed by atoms with Gasteiger partial charge in [-0.1, -0.05) is 6.07 Å². The van der Waals surface area contributed by atoms with Gasteiger partial charge < -0.3 is 10.4 Å². The van der Waals surface area contributed by atoms with Crippen molar-refractivity contribution in [1.82, 2.24) is 0 Å². The monoisotopic (exact) mass is 327 g/mol. The molecule has 2 N–H and O–H groups in total. The van der Waals surface area contributed by atoms with E-state index in [0.717, 1.165) is 12.1 Å². The number of phenolic OH excluding ortho intramolecular Hbond substituents is 1. The summed E-state index contributed by atoms with van der Waals surface area (Å²) < 4.78 is 27.1. The van der Waals surface area contributed by atoms with Crippen LogP contribution in [0.3, 0.4) is 0 Å². The number of amides is 1. The zero-order valence-corrected chi connectivity index (χ0v) is 11.0. The summed E-state index contributed by atoms with van der Waals surface area (Å²) in [5.41, 5.74) is -0.432. The number of para-hydroxylation sites is 1. The fourth-order valence-electron chi connectivity index (χ4n) is 1.46. The van der Waals surface area contributed by atoms with Crippen LogP contribution in [0.25, 0.3) is 0 Å². The molecule has 0 fully saturated rings. The van der Waals surface area contributed by atoms with Crippen molar-refractivity contribution < 1.29 is 18.7 Å². The highest BCUT2D eigenvalue weighted by atomic mass is 79.9. The molecule has 0 atom stereocenters. The maximum atomic E-state index is 13.4. The second-order valence-electron chi connectivity index (χ2n) is 3.72. The third-order valence-electron chi connectivity index (χ3n) is 2.41. The molecule has 0 aromatic heterocycles. The molecule has 0 radical (unpaired) electrons. The van der Waals surface area contributed by atoms with Gasteiger partial charge >= 0.3 is 0 Å². The molecule has 2 rings (SSSR count). The molecule has 2 aromatic rings. The van der Waals surface area contributed by atoms with E-state index in [4.69, 9.17) is 0 Å². The van der Waals surface area contributed by atoms with Crippen LogP contribution in [0.5, 0.6) is 5.75 Å². The van der Waals surface area contributed by atoms with E-state index in [2.05, 4.69) is 21.2 Å². The first-order chi connectivity index (χ1) is 8.99. The molecule has 0 bridgehead atoms. The fourth-order valence-corrected chi connectivity index (χ4v) is 1.70. The highest BCUT2D eigenvalue weighted by molar-refractivity contribution is 9.10. The van der Waals surface area contributed by atoms with E-state index in [0.29, 0.717) is 4.47 Å². The van der Waals surface area contributed by atoms with Crippen LogP contribution in [0.2, 0.25) is 0 Å². The summed E-state index contributed by atoms with van der Waals surface area (Å²) in [6.45, 7) is 0. The molecule has 2 aromatic carbocycles. The van der Waals surface area contributed by atoms with E-state index in [-0.39, 0.29) is 11.3 Å². The van der Waals surface area contributed by atoms with E-state index >= 15 is 0 Å². The first-order valence-electron chi connectivity index (χ1n) is 5.23. The Morgan fingerprint density at radius 3 is 2.37 bits per heavy atom. The summed E-state index contributed by atoms with van der Waals surface area (Å²) in [7, 11) is 0. The Balaban J connectivity index is 2.28. The zero-order valence-electron chi connectivity index (χ0n) is 9.45. The smallest absolute Gasteiger partial charge is 0.255 e. The van der Waals surface area contributed by atoms with Crippen LogP contribution < -0.4 is 5.32 Å². The lowest BCUT2D eigenvalue weighted by molar-refractivity contribution is 0.102. The Bertz CT molecular complexity index is 626. The number of rotatable bonds is 2. The van der Waals surface area contributed by atoms with Gasteiger partial charge in [-0.05, 0) is 46.3 Å². The third kappa shape index (κ3) is 2.90. The quantitative estimate of drug-likeness (QED) is 0.883. The van der Waals surface area contributed by atoms with E-state index in [1.807, 2.05) is 0 Å². The first-order valence-corrected chi connectivity index (χ1v) is 6.02. The van der Waals surface area contributed by atoms with Gasteiger partial charge in [0.2, 0.25) is 0 Å². The lowest BCUT2D eigenvalue weighted by Crippen LogP contribution is -2.14. The summed E-state index contributed by atoms with van der Waals surface area (Å²) in [6.07, 6.45) is 0. The maximum Gasteiger partial charge on any atom is 0.255 e. The fraction of sp³-hybridized carbons (Fsp3) is 0. The molecule has 0 aliphatic rings. The molecular formula is C13H8BrF2NO2. The Morgan fingerprint density at radius 2 is 1.79 bits per heavy atom. The summed E-state index contributed by atoms with van der Waals surface area (Å²) in [5, 5.41) is 11.6. The first kappa shape index (κ1) is 13.5. The van der Waals surface area contributed by atoms with Crippen molar-refractivity contribution in [2.24, 2.45) is 0 Å². The second-order valence-corrected chi connectivity index (χ2v) is 4.57. The molecule has 19 heavy (non-hydrogen) atoms. The molecule has 0 saturated heterocycles. The van der Waals surface area contributed by atoms with Gasteiger partial charge in [0.25, 0.3) is 5.91 Å². The zero-order chi connectivity index (χ0) is 14.0. The van der Waals surface area contributed by atoms with Gasteiger partial charge in [-0.3, -0.25) is 4.79 Å². The van der Waals surface area contributed by atoms with Gasteiger partial charge in [0, 0.05) is 5.56 Å². The Labute approximate surface area is 116 Å². The lowest BCUT2D eigenvalue weighted by atomic mass is 10.2. The number of benzene rings is 2. The highest BCUT2D eigenvalue weighted by Gasteiger charge is 2.14. The largest absolute Gasteiger partial charge is 0.507 e. The second kappa shape index (κ2) is 5.36. The van der Waals surface area contributed by atoms with Gasteiger partial charge in [-0.15, -0.1) is 0 Å². The number of hydrogen-bond acceptors (Lipinski definition) is 2. The molecule has 0 aliphatic carbocycles. The number of aromatic hydroxyl groups is 1. The normalized spacial score (nSPS) is 10.3. The van der Waals surface area contributed by atoms with E-state index in [9.17, 15) is 18.7 Å². The van der Waals surface area contributed by atoms with Crippen LogP contribution in [0.1, 0.15) is 10.4 Å².